The van der Waals surface area contributed by atoms with Gasteiger partial charge in [0.15, 0.2) is 25.2 Å². The van der Waals surface area contributed by atoms with E-state index in [-0.39, 0.29) is 0 Å². The average molecular weight is 358 g/mol. The molecular formula is C18H30O7. The van der Waals surface area contributed by atoms with E-state index in [1.165, 1.54) is 0 Å². The lowest BCUT2D eigenvalue weighted by atomic mass is 10.2. The van der Waals surface area contributed by atoms with Gasteiger partial charge in [-0.05, 0) is 33.3 Å². The van der Waals surface area contributed by atoms with Gasteiger partial charge in [-0.1, -0.05) is 30.3 Å². The van der Waals surface area contributed by atoms with Crippen molar-refractivity contribution >= 4 is 0 Å². The molecule has 0 saturated heterocycles. The van der Waals surface area contributed by atoms with Gasteiger partial charge in [0.05, 0.1) is 6.61 Å². The van der Waals surface area contributed by atoms with Crippen molar-refractivity contribution in [1.82, 2.24) is 0 Å². The van der Waals surface area contributed by atoms with Gasteiger partial charge >= 0.3 is 0 Å². The molecule has 0 amide bonds. The predicted octanol–water partition coefficient (Wildman–Crippen LogP) is 3.23. The number of hydrogen-bond donors (Lipinski definition) is 0. The number of rotatable bonds is 13. The maximum atomic E-state index is 5.71. The second-order valence-electron chi connectivity index (χ2n) is 5.37. The van der Waals surface area contributed by atoms with Crippen molar-refractivity contribution < 1.29 is 33.2 Å². The number of methoxy groups -OCH3 is 2. The van der Waals surface area contributed by atoms with Crippen molar-refractivity contribution in [3.8, 4) is 0 Å². The molecule has 0 aromatic heterocycles. The van der Waals surface area contributed by atoms with Crippen LogP contribution in [0.4, 0.5) is 0 Å². The van der Waals surface area contributed by atoms with E-state index in [1.807, 2.05) is 30.3 Å². The maximum absolute atomic E-state index is 5.71. The Balaban J connectivity index is 2.58. The minimum atomic E-state index is -0.974. The highest BCUT2D eigenvalue weighted by Crippen LogP contribution is 2.13. The van der Waals surface area contributed by atoms with Crippen LogP contribution in [0.3, 0.4) is 0 Å². The third-order valence-electron chi connectivity index (χ3n) is 3.26. The molecule has 0 N–H and O–H groups in total. The van der Waals surface area contributed by atoms with E-state index in [0.717, 1.165) is 5.56 Å². The molecule has 1 aromatic carbocycles. The zero-order chi connectivity index (χ0) is 18.7. The number of ether oxygens (including phenoxy) is 7. The number of benzene rings is 1. The van der Waals surface area contributed by atoms with Crippen LogP contribution in [0.25, 0.3) is 0 Å². The topological polar surface area (TPSA) is 64.6 Å². The summed E-state index contributed by atoms with van der Waals surface area (Å²) in [5.74, 6) is 0. The van der Waals surface area contributed by atoms with E-state index in [9.17, 15) is 0 Å². The van der Waals surface area contributed by atoms with Crippen LogP contribution in [0.1, 0.15) is 33.3 Å². The van der Waals surface area contributed by atoms with Gasteiger partial charge in [-0.25, -0.2) is 0 Å². The first-order valence-electron chi connectivity index (χ1n) is 8.27. The Labute approximate surface area is 150 Å². The van der Waals surface area contributed by atoms with E-state index in [4.69, 9.17) is 33.2 Å². The highest BCUT2D eigenvalue weighted by Gasteiger charge is 2.21. The van der Waals surface area contributed by atoms with Gasteiger partial charge in [0, 0.05) is 14.2 Å². The van der Waals surface area contributed by atoms with Crippen LogP contribution in [0.2, 0.25) is 0 Å². The summed E-state index contributed by atoms with van der Waals surface area (Å²) in [5.41, 5.74) is 0.998. The van der Waals surface area contributed by atoms with Crippen LogP contribution in [-0.2, 0) is 39.8 Å². The van der Waals surface area contributed by atoms with Gasteiger partial charge in [-0.15, -0.1) is 0 Å². The zero-order valence-electron chi connectivity index (χ0n) is 15.8. The first-order chi connectivity index (χ1) is 11.9. The molecule has 0 aliphatic carbocycles. The van der Waals surface area contributed by atoms with Crippen molar-refractivity contribution in [2.24, 2.45) is 0 Å². The van der Waals surface area contributed by atoms with Crippen LogP contribution in [0.15, 0.2) is 30.3 Å². The molecule has 0 spiro atoms. The van der Waals surface area contributed by atoms with Crippen molar-refractivity contribution in [2.75, 3.05) is 14.2 Å². The summed E-state index contributed by atoms with van der Waals surface area (Å²) >= 11 is 0. The Kier molecular flexibility index (Phi) is 10.8. The summed E-state index contributed by atoms with van der Waals surface area (Å²) < 4.78 is 38.1. The van der Waals surface area contributed by atoms with Crippen LogP contribution in [0, 0.1) is 0 Å². The third-order valence-corrected chi connectivity index (χ3v) is 3.26. The third kappa shape index (κ3) is 9.86. The van der Waals surface area contributed by atoms with Gasteiger partial charge in [0.1, 0.15) is 0 Å². The van der Waals surface area contributed by atoms with E-state index < -0.39 is 31.6 Å². The Morgan fingerprint density at radius 1 is 0.680 bits per heavy atom. The Morgan fingerprint density at radius 2 is 1.16 bits per heavy atom. The number of hydrogen-bond acceptors (Lipinski definition) is 7. The average Bonchev–Trinajstić information content (AvgIpc) is 2.60. The summed E-state index contributed by atoms with van der Waals surface area (Å²) in [6.45, 7) is 6.37. The summed E-state index contributed by atoms with van der Waals surface area (Å²) in [6.07, 6.45) is -2.01. The molecule has 7 heteroatoms. The van der Waals surface area contributed by atoms with Crippen molar-refractivity contribution in [2.45, 2.75) is 65.9 Å². The molecule has 0 bridgehead atoms. The van der Waals surface area contributed by atoms with Gasteiger partial charge in [-0.3, -0.25) is 0 Å². The van der Waals surface area contributed by atoms with Crippen LogP contribution in [-0.4, -0.2) is 45.9 Å². The Bertz CT molecular complexity index is 422. The molecule has 1 rings (SSSR count). The standard InChI is InChI=1S/C18H30O7/c1-13(19-5)22-15(3)24-18(25-16(4)23-14(2)20-6)21-12-17-10-8-7-9-11-17/h7-11,13-16,18H,12H2,1-6H3. The molecule has 1 aromatic rings. The lowest BCUT2D eigenvalue weighted by molar-refractivity contribution is -0.393. The molecule has 0 heterocycles. The Hall–Kier alpha value is -1.06. The summed E-state index contributed by atoms with van der Waals surface area (Å²) in [6, 6.07) is 9.73. The van der Waals surface area contributed by atoms with Crippen LogP contribution >= 0.6 is 0 Å². The largest absolute Gasteiger partial charge is 0.356 e. The van der Waals surface area contributed by atoms with Crippen molar-refractivity contribution in [3.63, 3.8) is 0 Å². The normalized spacial score (nSPS) is 17.7. The quantitative estimate of drug-likeness (QED) is 0.502. The molecule has 144 valence electrons. The minimum absolute atomic E-state index is 0.324. The highest BCUT2D eigenvalue weighted by atomic mass is 16.9. The minimum Gasteiger partial charge on any atom is -0.356 e. The second-order valence-corrected chi connectivity index (χ2v) is 5.37. The molecule has 0 saturated carbocycles. The van der Waals surface area contributed by atoms with Crippen LogP contribution < -0.4 is 0 Å². The van der Waals surface area contributed by atoms with Gasteiger partial charge in [-0.2, -0.15) is 0 Å². The maximum Gasteiger partial charge on any atom is 0.276 e. The van der Waals surface area contributed by atoms with E-state index in [0.29, 0.717) is 6.61 Å². The first kappa shape index (κ1) is 22.0. The molecule has 0 aliphatic heterocycles. The lowest BCUT2D eigenvalue weighted by Gasteiger charge is -2.27. The molecule has 7 nitrogen and oxygen atoms in total. The van der Waals surface area contributed by atoms with E-state index in [1.54, 1.807) is 41.9 Å². The fourth-order valence-electron chi connectivity index (χ4n) is 1.88. The summed E-state index contributed by atoms with van der Waals surface area (Å²) in [5, 5.41) is 0. The molecule has 0 fully saturated rings. The smallest absolute Gasteiger partial charge is 0.276 e. The SMILES string of the molecule is COC(C)OC(C)OC(OCc1ccccc1)OC(C)OC(C)OC. The highest BCUT2D eigenvalue weighted by molar-refractivity contribution is 5.13. The lowest BCUT2D eigenvalue weighted by Crippen LogP contribution is -2.34. The van der Waals surface area contributed by atoms with Crippen molar-refractivity contribution in [1.29, 1.82) is 0 Å². The Morgan fingerprint density at radius 3 is 1.60 bits per heavy atom. The summed E-state index contributed by atoms with van der Waals surface area (Å²) in [7, 11) is 3.11. The van der Waals surface area contributed by atoms with Crippen LogP contribution in [0.5, 0.6) is 0 Å². The molecule has 0 aliphatic rings. The molecule has 25 heavy (non-hydrogen) atoms. The predicted molar refractivity (Wildman–Crippen MR) is 91.2 cm³/mol. The monoisotopic (exact) mass is 358 g/mol. The summed E-state index contributed by atoms with van der Waals surface area (Å²) in [4.78, 5) is 0. The molecule has 4 unspecified atom stereocenters. The fourth-order valence-corrected chi connectivity index (χ4v) is 1.88. The van der Waals surface area contributed by atoms with E-state index >= 15 is 0 Å². The van der Waals surface area contributed by atoms with E-state index in [2.05, 4.69) is 0 Å². The fraction of sp³-hybridized carbons (Fsp3) is 0.667. The van der Waals surface area contributed by atoms with Gasteiger partial charge < -0.3 is 33.2 Å². The molecule has 4 atom stereocenters. The molecular weight excluding hydrogens is 328 g/mol. The van der Waals surface area contributed by atoms with Gasteiger partial charge in [0.25, 0.3) is 6.48 Å². The first-order valence-corrected chi connectivity index (χ1v) is 8.27. The molecule has 0 radical (unpaired) electrons. The van der Waals surface area contributed by atoms with Gasteiger partial charge in [0.2, 0.25) is 0 Å². The van der Waals surface area contributed by atoms with Crippen molar-refractivity contribution in [3.05, 3.63) is 35.9 Å². The second kappa shape index (κ2) is 12.3. The zero-order valence-corrected chi connectivity index (χ0v) is 15.8.